The monoisotopic (exact) mass is 233 g/mol. The Balaban J connectivity index is 4.94. The van der Waals surface area contributed by atoms with Gasteiger partial charge >= 0.3 is 19.2 Å². The standard InChI is InChI=1S/C5H10F2NO5P/c1-2(3(8)4(9)10)5(6,7)14(11,12)13/h2-3H,8H2,1H3,(H,9,10)(H2,11,12,13)/t2-,3+/m1/s1. The number of nitrogens with two attached hydrogens (primary N) is 1. The number of carbonyl (C=O) groups is 1. The lowest BCUT2D eigenvalue weighted by atomic mass is 10.0. The molecule has 0 heterocycles. The van der Waals surface area contributed by atoms with E-state index in [0.717, 1.165) is 0 Å². The van der Waals surface area contributed by atoms with Crippen LogP contribution in [0.2, 0.25) is 0 Å². The Morgan fingerprint density at radius 1 is 1.50 bits per heavy atom. The summed E-state index contributed by atoms with van der Waals surface area (Å²) in [5.41, 5.74) is 0.380. The Morgan fingerprint density at radius 3 is 2.07 bits per heavy atom. The van der Waals surface area contributed by atoms with Crippen LogP contribution in [0.1, 0.15) is 6.92 Å². The van der Waals surface area contributed by atoms with Crippen LogP contribution in [0.3, 0.4) is 0 Å². The zero-order chi connectivity index (χ0) is 11.7. The summed E-state index contributed by atoms with van der Waals surface area (Å²) in [4.78, 5) is 26.7. The van der Waals surface area contributed by atoms with Gasteiger partial charge in [0.15, 0.2) is 0 Å². The van der Waals surface area contributed by atoms with E-state index in [-0.39, 0.29) is 0 Å². The molecule has 5 N–H and O–H groups in total. The minimum Gasteiger partial charge on any atom is -0.480 e. The zero-order valence-electron chi connectivity index (χ0n) is 7.09. The van der Waals surface area contributed by atoms with Crippen LogP contribution in [0.4, 0.5) is 8.78 Å². The molecule has 0 aromatic rings. The molecule has 0 aliphatic carbocycles. The normalized spacial score (nSPS) is 17.6. The quantitative estimate of drug-likeness (QED) is 0.499. The molecule has 0 radical (unpaired) electrons. The third kappa shape index (κ3) is 2.48. The molecule has 0 aromatic heterocycles. The molecule has 84 valence electrons. The molecule has 6 nitrogen and oxygen atoms in total. The molecule has 0 aromatic carbocycles. The molecular formula is C5H10F2NO5P. The molecule has 9 heteroatoms. The first kappa shape index (κ1) is 13.4. The van der Waals surface area contributed by atoms with Crippen molar-refractivity contribution in [2.24, 2.45) is 11.7 Å². The van der Waals surface area contributed by atoms with E-state index in [4.69, 9.17) is 20.6 Å². The minimum absolute atomic E-state index is 0.665. The van der Waals surface area contributed by atoms with Crippen LogP contribution < -0.4 is 5.73 Å². The number of alkyl halides is 2. The van der Waals surface area contributed by atoms with Crippen molar-refractivity contribution in [2.75, 3.05) is 0 Å². The largest absolute Gasteiger partial charge is 0.480 e. The van der Waals surface area contributed by atoms with Gasteiger partial charge in [-0.15, -0.1) is 0 Å². The highest BCUT2D eigenvalue weighted by Crippen LogP contribution is 2.57. The van der Waals surface area contributed by atoms with E-state index in [2.05, 4.69) is 0 Å². The minimum atomic E-state index is -5.70. The van der Waals surface area contributed by atoms with Crippen molar-refractivity contribution < 1.29 is 33.0 Å². The van der Waals surface area contributed by atoms with Gasteiger partial charge in [-0.1, -0.05) is 6.92 Å². The Kier molecular flexibility index (Phi) is 3.74. The zero-order valence-corrected chi connectivity index (χ0v) is 7.99. The van der Waals surface area contributed by atoms with Gasteiger partial charge < -0.3 is 20.6 Å². The third-order valence-electron chi connectivity index (χ3n) is 1.76. The molecule has 0 saturated heterocycles. The maximum Gasteiger partial charge on any atom is 0.394 e. The third-order valence-corrected chi connectivity index (χ3v) is 2.94. The van der Waals surface area contributed by atoms with E-state index in [0.29, 0.717) is 6.92 Å². The molecule has 0 unspecified atom stereocenters. The van der Waals surface area contributed by atoms with Gasteiger partial charge in [0.25, 0.3) is 0 Å². The average Bonchev–Trinajstić information content (AvgIpc) is 1.99. The van der Waals surface area contributed by atoms with Gasteiger partial charge in [-0.05, 0) is 0 Å². The summed E-state index contributed by atoms with van der Waals surface area (Å²) in [6.07, 6.45) is 0. The maximum atomic E-state index is 12.8. The Labute approximate surface area is 77.9 Å². The molecule has 2 atom stereocenters. The van der Waals surface area contributed by atoms with Gasteiger partial charge in [0.1, 0.15) is 6.04 Å². The summed E-state index contributed by atoms with van der Waals surface area (Å²) in [7, 11) is -5.70. The first-order chi connectivity index (χ1) is 6.01. The number of carboxylic acid groups (broad SMARTS) is 1. The lowest BCUT2D eigenvalue weighted by Gasteiger charge is -2.26. The molecule has 0 rings (SSSR count). The fourth-order valence-electron chi connectivity index (χ4n) is 0.695. The van der Waals surface area contributed by atoms with E-state index < -0.39 is 31.2 Å². The number of aliphatic carboxylic acids is 1. The summed E-state index contributed by atoms with van der Waals surface area (Å²) < 4.78 is 36.0. The molecule has 0 bridgehead atoms. The van der Waals surface area contributed by atoms with Gasteiger partial charge in [-0.3, -0.25) is 9.36 Å². The maximum absolute atomic E-state index is 12.8. The number of halogens is 2. The second-order valence-electron chi connectivity index (χ2n) is 2.78. The van der Waals surface area contributed by atoms with Crippen molar-refractivity contribution in [3.05, 3.63) is 0 Å². The summed E-state index contributed by atoms with van der Waals surface area (Å²) in [6, 6.07) is -2.03. The summed E-state index contributed by atoms with van der Waals surface area (Å²) in [6.45, 7) is 0.665. The SMILES string of the molecule is C[C@H]([C@H](N)C(=O)O)C(F)(F)P(=O)(O)O. The van der Waals surface area contributed by atoms with Crippen LogP contribution in [0.25, 0.3) is 0 Å². The summed E-state index contributed by atoms with van der Waals surface area (Å²) in [5.74, 6) is -3.90. The highest BCUT2D eigenvalue weighted by atomic mass is 31.2. The molecule has 0 aliphatic heterocycles. The van der Waals surface area contributed by atoms with Crippen LogP contribution in [0.5, 0.6) is 0 Å². The van der Waals surface area contributed by atoms with Crippen LogP contribution in [0.15, 0.2) is 0 Å². The van der Waals surface area contributed by atoms with Gasteiger partial charge in [0.2, 0.25) is 0 Å². The van der Waals surface area contributed by atoms with Crippen molar-refractivity contribution in [3.63, 3.8) is 0 Å². The smallest absolute Gasteiger partial charge is 0.394 e. The molecule has 0 saturated carbocycles. The lowest BCUT2D eigenvalue weighted by molar-refractivity contribution is -0.142. The Morgan fingerprint density at radius 2 is 1.86 bits per heavy atom. The van der Waals surface area contributed by atoms with Crippen molar-refractivity contribution in [3.8, 4) is 0 Å². The summed E-state index contributed by atoms with van der Waals surface area (Å²) >= 11 is 0. The van der Waals surface area contributed by atoms with Crippen molar-refractivity contribution in [2.45, 2.75) is 18.6 Å². The first-order valence-corrected chi connectivity index (χ1v) is 5.05. The predicted octanol–water partition coefficient (Wildman–Crippen LogP) is -0.195. The molecular weight excluding hydrogens is 223 g/mol. The second kappa shape index (κ2) is 3.90. The van der Waals surface area contributed by atoms with E-state index in [9.17, 15) is 18.1 Å². The predicted molar refractivity (Wildman–Crippen MR) is 41.8 cm³/mol. The van der Waals surface area contributed by atoms with Gasteiger partial charge in [-0.25, -0.2) is 0 Å². The molecule has 0 spiro atoms. The van der Waals surface area contributed by atoms with Gasteiger partial charge in [0, 0.05) is 0 Å². The van der Waals surface area contributed by atoms with Crippen LogP contribution >= 0.6 is 7.60 Å². The average molecular weight is 233 g/mol. The highest BCUT2D eigenvalue weighted by Gasteiger charge is 2.56. The van der Waals surface area contributed by atoms with Crippen molar-refractivity contribution in [1.29, 1.82) is 0 Å². The fourth-order valence-corrected chi connectivity index (χ4v) is 1.39. The topological polar surface area (TPSA) is 121 Å². The van der Waals surface area contributed by atoms with E-state index in [1.54, 1.807) is 0 Å². The Bertz CT molecular complexity index is 277. The van der Waals surface area contributed by atoms with Crippen LogP contribution in [0, 0.1) is 5.92 Å². The summed E-state index contributed by atoms with van der Waals surface area (Å²) in [5, 5.41) is 8.27. The van der Waals surface area contributed by atoms with Gasteiger partial charge in [-0.2, -0.15) is 8.78 Å². The lowest BCUT2D eigenvalue weighted by Crippen LogP contribution is -2.45. The number of hydrogen-bond acceptors (Lipinski definition) is 3. The number of carboxylic acids is 1. The molecule has 14 heavy (non-hydrogen) atoms. The molecule has 0 fully saturated rings. The van der Waals surface area contributed by atoms with Crippen molar-refractivity contribution in [1.82, 2.24) is 0 Å². The van der Waals surface area contributed by atoms with E-state index in [1.807, 2.05) is 0 Å². The highest BCUT2D eigenvalue weighted by molar-refractivity contribution is 7.53. The van der Waals surface area contributed by atoms with Crippen LogP contribution in [-0.2, 0) is 9.36 Å². The fraction of sp³-hybridized carbons (Fsp3) is 0.800. The number of rotatable bonds is 4. The van der Waals surface area contributed by atoms with Crippen LogP contribution in [-0.4, -0.2) is 32.6 Å². The van der Waals surface area contributed by atoms with E-state index in [1.165, 1.54) is 0 Å². The van der Waals surface area contributed by atoms with E-state index >= 15 is 0 Å². The van der Waals surface area contributed by atoms with Crippen molar-refractivity contribution >= 4 is 13.6 Å². The second-order valence-corrected chi connectivity index (χ2v) is 4.47. The first-order valence-electron chi connectivity index (χ1n) is 3.43. The Hall–Kier alpha value is -0.560. The number of hydrogen-bond donors (Lipinski definition) is 4. The molecule has 0 aliphatic rings. The van der Waals surface area contributed by atoms with Gasteiger partial charge in [0.05, 0.1) is 5.92 Å². The molecule has 0 amide bonds.